The lowest BCUT2D eigenvalue weighted by Gasteiger charge is -2.26. The Bertz CT molecular complexity index is 1900. The van der Waals surface area contributed by atoms with Gasteiger partial charge in [-0.05, 0) is 66.6 Å². The van der Waals surface area contributed by atoms with Crippen LogP contribution in [0.5, 0.6) is 5.75 Å². The standard InChI is InChI=1S/C30H20Cl3F3N2O4S/c1-2-41-28(40)24-25(17-5-9-20(32)10-6-17)38-27(39)23(43-29(38)37-26(24)30(34,35)36)14-18-13-21(33)11-12-22(18)42-15-16-3-7-19(31)8-4-16/h3-14,25H,2,15H2,1H3/b23-14-/t25-/m0/s1. The van der Waals surface area contributed by atoms with Crippen molar-refractivity contribution in [3.8, 4) is 5.75 Å². The van der Waals surface area contributed by atoms with E-state index in [9.17, 15) is 22.8 Å². The van der Waals surface area contributed by atoms with Crippen molar-refractivity contribution < 1.29 is 27.4 Å². The molecule has 0 unspecified atom stereocenters. The van der Waals surface area contributed by atoms with Gasteiger partial charge < -0.3 is 9.47 Å². The molecule has 0 bridgehead atoms. The molecule has 0 N–H and O–H groups in total. The summed E-state index contributed by atoms with van der Waals surface area (Å²) in [6, 6.07) is 16.2. The Kier molecular flexibility index (Phi) is 9.03. The van der Waals surface area contributed by atoms with Gasteiger partial charge in [0.1, 0.15) is 12.4 Å². The van der Waals surface area contributed by atoms with Crippen LogP contribution in [-0.2, 0) is 16.1 Å². The second-order valence-corrected chi connectivity index (χ2v) is 11.5. The number of ether oxygens (including phenoxy) is 2. The maximum absolute atomic E-state index is 14.3. The zero-order valence-electron chi connectivity index (χ0n) is 22.1. The Morgan fingerprint density at radius 2 is 1.63 bits per heavy atom. The molecule has 13 heteroatoms. The summed E-state index contributed by atoms with van der Waals surface area (Å²) in [7, 11) is 0. The molecule has 0 radical (unpaired) electrons. The number of thiazole rings is 1. The number of nitrogens with zero attached hydrogens (tertiary/aromatic N) is 2. The summed E-state index contributed by atoms with van der Waals surface area (Å²) >= 11 is 19.0. The fourth-order valence-electron chi connectivity index (χ4n) is 4.45. The molecule has 6 nitrogen and oxygen atoms in total. The molecular weight excluding hydrogens is 648 g/mol. The Labute approximate surface area is 261 Å². The summed E-state index contributed by atoms with van der Waals surface area (Å²) in [5.41, 5.74) is -1.45. The number of aromatic nitrogens is 1. The lowest BCUT2D eigenvalue weighted by atomic mass is 9.95. The third-order valence-electron chi connectivity index (χ3n) is 6.35. The minimum atomic E-state index is -5.02. The van der Waals surface area contributed by atoms with Crippen LogP contribution in [0, 0.1) is 0 Å². The molecule has 0 saturated carbocycles. The average molecular weight is 668 g/mol. The van der Waals surface area contributed by atoms with E-state index in [-0.39, 0.29) is 28.1 Å². The van der Waals surface area contributed by atoms with Gasteiger partial charge in [0.25, 0.3) is 5.56 Å². The SMILES string of the molecule is CCOC(=O)C1=C(C(F)(F)F)N=c2s/c(=C\c3cc(Cl)ccc3OCc3ccc(Cl)cc3)c(=O)n2[C@H]1c1ccc(Cl)cc1. The second kappa shape index (κ2) is 12.6. The van der Waals surface area contributed by atoms with Gasteiger partial charge in [-0.3, -0.25) is 9.36 Å². The van der Waals surface area contributed by atoms with Gasteiger partial charge in [0, 0.05) is 20.6 Å². The van der Waals surface area contributed by atoms with Crippen LogP contribution in [0.2, 0.25) is 15.1 Å². The van der Waals surface area contributed by atoms with Crippen molar-refractivity contribution in [2.24, 2.45) is 4.99 Å². The highest BCUT2D eigenvalue weighted by Gasteiger charge is 2.45. The van der Waals surface area contributed by atoms with Gasteiger partial charge in [0.05, 0.1) is 22.8 Å². The third kappa shape index (κ3) is 6.67. The van der Waals surface area contributed by atoms with Gasteiger partial charge in [0.15, 0.2) is 10.5 Å². The van der Waals surface area contributed by atoms with Gasteiger partial charge in [0.2, 0.25) is 0 Å². The molecule has 0 fully saturated rings. The highest BCUT2D eigenvalue weighted by Crippen LogP contribution is 2.38. The van der Waals surface area contributed by atoms with Crippen molar-refractivity contribution >= 4 is 58.2 Å². The zero-order valence-corrected chi connectivity index (χ0v) is 25.2. The molecule has 0 amide bonds. The zero-order chi connectivity index (χ0) is 30.9. The highest BCUT2D eigenvalue weighted by atomic mass is 35.5. The molecule has 0 saturated heterocycles. The number of benzene rings is 3. The van der Waals surface area contributed by atoms with Crippen molar-refractivity contribution in [2.45, 2.75) is 25.7 Å². The summed E-state index contributed by atoms with van der Waals surface area (Å²) in [6.45, 7) is 1.46. The predicted molar refractivity (Wildman–Crippen MR) is 159 cm³/mol. The molecule has 4 aromatic rings. The van der Waals surface area contributed by atoms with E-state index in [0.29, 0.717) is 26.4 Å². The first-order valence-corrected chi connectivity index (χ1v) is 14.6. The smallest absolute Gasteiger partial charge is 0.434 e. The lowest BCUT2D eigenvalue weighted by molar-refractivity contribution is -0.140. The van der Waals surface area contributed by atoms with Crippen LogP contribution in [0.1, 0.15) is 29.7 Å². The van der Waals surface area contributed by atoms with Gasteiger partial charge in [-0.25, -0.2) is 9.79 Å². The summed E-state index contributed by atoms with van der Waals surface area (Å²) in [5, 5.41) is 1.24. The summed E-state index contributed by atoms with van der Waals surface area (Å²) in [6.07, 6.45) is -3.55. The quantitative estimate of drug-likeness (QED) is 0.202. The Morgan fingerprint density at radius 3 is 2.26 bits per heavy atom. The van der Waals surface area contributed by atoms with E-state index in [0.717, 1.165) is 21.5 Å². The summed E-state index contributed by atoms with van der Waals surface area (Å²) in [4.78, 5) is 30.4. The van der Waals surface area contributed by atoms with Crippen molar-refractivity contribution in [3.63, 3.8) is 0 Å². The highest BCUT2D eigenvalue weighted by molar-refractivity contribution is 7.07. The molecule has 3 aromatic carbocycles. The van der Waals surface area contributed by atoms with E-state index in [1.54, 1.807) is 42.5 Å². The molecule has 0 aliphatic carbocycles. The maximum atomic E-state index is 14.3. The number of halogens is 6. The van der Waals surface area contributed by atoms with Crippen LogP contribution in [0.25, 0.3) is 6.08 Å². The van der Waals surface area contributed by atoms with Gasteiger partial charge in [-0.1, -0.05) is 70.4 Å². The molecule has 1 aromatic heterocycles. The van der Waals surface area contributed by atoms with Crippen LogP contribution in [0.4, 0.5) is 13.2 Å². The van der Waals surface area contributed by atoms with Crippen LogP contribution in [0.3, 0.4) is 0 Å². The van der Waals surface area contributed by atoms with Crippen LogP contribution in [0.15, 0.2) is 87.8 Å². The van der Waals surface area contributed by atoms with Crippen molar-refractivity contribution in [2.75, 3.05) is 6.61 Å². The number of carbonyl (C=O) groups excluding carboxylic acids is 1. The molecule has 0 spiro atoms. The van der Waals surface area contributed by atoms with E-state index in [1.807, 2.05) is 0 Å². The van der Waals surface area contributed by atoms with E-state index >= 15 is 0 Å². The Hall–Kier alpha value is -3.57. The largest absolute Gasteiger partial charge is 0.488 e. The molecule has 1 aliphatic rings. The van der Waals surface area contributed by atoms with Gasteiger partial charge in [-0.15, -0.1) is 0 Å². The van der Waals surface area contributed by atoms with Gasteiger partial charge >= 0.3 is 12.1 Å². The molecule has 222 valence electrons. The first kappa shape index (κ1) is 30.9. The number of allylic oxidation sites excluding steroid dienone is 1. The summed E-state index contributed by atoms with van der Waals surface area (Å²) in [5.74, 6) is -0.858. The Morgan fingerprint density at radius 1 is 1.00 bits per heavy atom. The fraction of sp³-hybridized carbons (Fsp3) is 0.167. The molecule has 43 heavy (non-hydrogen) atoms. The van der Waals surface area contributed by atoms with Crippen molar-refractivity contribution in [1.82, 2.24) is 4.57 Å². The van der Waals surface area contributed by atoms with Gasteiger partial charge in [-0.2, -0.15) is 13.2 Å². The minimum Gasteiger partial charge on any atom is -0.488 e. The summed E-state index contributed by atoms with van der Waals surface area (Å²) < 4.78 is 55.1. The lowest BCUT2D eigenvalue weighted by Crippen LogP contribution is -2.41. The third-order valence-corrected chi connectivity index (χ3v) is 8.07. The minimum absolute atomic E-state index is 0.0444. The average Bonchev–Trinajstić information content (AvgIpc) is 3.27. The predicted octanol–water partition coefficient (Wildman–Crippen LogP) is 6.88. The molecule has 5 rings (SSSR count). The number of fused-ring (bicyclic) bond motifs is 1. The number of hydrogen-bond acceptors (Lipinski definition) is 6. The van der Waals surface area contributed by atoms with E-state index in [4.69, 9.17) is 44.3 Å². The molecule has 2 heterocycles. The van der Waals surface area contributed by atoms with E-state index in [1.165, 1.54) is 37.3 Å². The van der Waals surface area contributed by atoms with E-state index in [2.05, 4.69) is 4.99 Å². The monoisotopic (exact) mass is 666 g/mol. The number of alkyl halides is 3. The fourth-order valence-corrected chi connectivity index (χ4v) is 5.87. The molecular formula is C30H20Cl3F3N2O4S. The maximum Gasteiger partial charge on any atom is 0.434 e. The first-order valence-electron chi connectivity index (χ1n) is 12.7. The van der Waals surface area contributed by atoms with Crippen LogP contribution >= 0.6 is 46.1 Å². The number of carbonyl (C=O) groups is 1. The number of rotatable bonds is 7. The topological polar surface area (TPSA) is 69.9 Å². The number of esters is 1. The normalized spacial score (nSPS) is 15.2. The Balaban J connectivity index is 1.68. The van der Waals surface area contributed by atoms with E-state index < -0.39 is 35.0 Å². The first-order chi connectivity index (χ1) is 20.5. The van der Waals surface area contributed by atoms with Crippen LogP contribution < -0.4 is 19.6 Å². The number of hydrogen-bond donors (Lipinski definition) is 0. The second-order valence-electron chi connectivity index (χ2n) is 9.21. The van der Waals surface area contributed by atoms with Crippen molar-refractivity contribution in [3.05, 3.63) is 129 Å². The van der Waals surface area contributed by atoms with Crippen LogP contribution in [-0.4, -0.2) is 23.3 Å². The molecule has 1 aliphatic heterocycles. The molecule has 1 atom stereocenters. The van der Waals surface area contributed by atoms with Crippen molar-refractivity contribution in [1.29, 1.82) is 0 Å².